The molecule has 4 rings (SSSR count). The van der Waals surface area contributed by atoms with Crippen molar-refractivity contribution < 1.29 is 9.59 Å². The quantitative estimate of drug-likeness (QED) is 0.242. The van der Waals surface area contributed by atoms with Crippen LogP contribution in [0.4, 0.5) is 5.13 Å². The monoisotopic (exact) mass is 566 g/mol. The number of carbonyl (C=O) groups is 2. The second-order valence-electron chi connectivity index (χ2n) is 9.43. The molecular formula is C32H34N6O2S. The molecule has 1 N–H and O–H groups in total. The van der Waals surface area contributed by atoms with Crippen LogP contribution in [0.25, 0.3) is 21.8 Å². The van der Waals surface area contributed by atoms with Crippen LogP contribution in [0.1, 0.15) is 36.4 Å². The molecule has 41 heavy (non-hydrogen) atoms. The molecule has 0 atom stereocenters. The number of benzene rings is 1. The van der Waals surface area contributed by atoms with Gasteiger partial charge in [0.25, 0.3) is 0 Å². The van der Waals surface area contributed by atoms with Gasteiger partial charge in [-0.25, -0.2) is 9.67 Å². The van der Waals surface area contributed by atoms with E-state index in [9.17, 15) is 9.59 Å². The minimum atomic E-state index is -0.158. The molecule has 0 radical (unpaired) electrons. The number of likely N-dealkylation sites (N-methyl/N-ethyl adjacent to an activating group) is 1. The second-order valence-corrected chi connectivity index (χ2v) is 10.4. The third-order valence-corrected chi connectivity index (χ3v) is 7.57. The number of nitrogens with zero attached hydrogens (tertiary/aromatic N) is 5. The van der Waals surface area contributed by atoms with Crippen molar-refractivity contribution in [2.24, 2.45) is 4.99 Å². The molecule has 2 heterocycles. The number of fused-ring (bicyclic) bond motifs is 3. The highest BCUT2D eigenvalue weighted by Crippen LogP contribution is 2.43. The van der Waals surface area contributed by atoms with Gasteiger partial charge in [-0.1, -0.05) is 60.9 Å². The molecule has 0 bridgehead atoms. The molecule has 0 aliphatic heterocycles. The van der Waals surface area contributed by atoms with E-state index < -0.39 is 0 Å². The van der Waals surface area contributed by atoms with E-state index in [0.29, 0.717) is 5.13 Å². The highest BCUT2D eigenvalue weighted by Gasteiger charge is 2.30. The molecule has 1 aromatic carbocycles. The number of allylic oxidation sites excluding steroid dienone is 7. The summed E-state index contributed by atoms with van der Waals surface area (Å²) >= 11 is 1.45. The molecule has 9 heteroatoms. The van der Waals surface area contributed by atoms with Crippen LogP contribution in [-0.2, 0) is 28.9 Å². The molecule has 0 saturated carbocycles. The van der Waals surface area contributed by atoms with Crippen molar-refractivity contribution in [3.63, 3.8) is 0 Å². The average Bonchev–Trinajstić information content (AvgIpc) is 3.53. The Labute approximate surface area is 244 Å². The van der Waals surface area contributed by atoms with Crippen molar-refractivity contribution >= 4 is 40.1 Å². The fraction of sp³-hybridized carbons (Fsp3) is 0.219. The lowest BCUT2D eigenvalue weighted by atomic mass is 9.95. The van der Waals surface area contributed by atoms with Crippen LogP contribution in [-0.4, -0.2) is 51.8 Å². The SMILES string of the molecule is C=C/C=C(\C=NC)c1nn(-c2ccc(CC(=O)N(C)C(/C=C\C)=C/C=C)cc2)c2c1CCc1nc(NC(C)=O)sc1-2. The van der Waals surface area contributed by atoms with E-state index in [1.807, 2.05) is 60.2 Å². The third-order valence-electron chi connectivity index (χ3n) is 6.55. The van der Waals surface area contributed by atoms with Gasteiger partial charge in [0.15, 0.2) is 5.13 Å². The van der Waals surface area contributed by atoms with Crippen molar-refractivity contribution in [3.05, 3.63) is 102 Å². The third kappa shape index (κ3) is 6.41. The van der Waals surface area contributed by atoms with Gasteiger partial charge in [-0.2, -0.15) is 5.10 Å². The highest BCUT2D eigenvalue weighted by molar-refractivity contribution is 7.19. The standard InChI is InChI=1S/C32H34N6O2S/c1-7-10-23(20-33-5)29-26-17-18-27-31(41-32(35-27)34-21(4)39)30(26)38(36-29)25-15-13-22(14-16-25)19-28(40)37(6)24(11-8-2)12-9-3/h7-16,20H,1-2,17-19H2,3-6H3,(H,34,35,39)/b12-9-,23-10+,24-11+,33-20?. The number of aryl methyl sites for hydroxylation is 1. The zero-order valence-corrected chi connectivity index (χ0v) is 24.7. The van der Waals surface area contributed by atoms with Gasteiger partial charge in [0, 0.05) is 44.1 Å². The summed E-state index contributed by atoms with van der Waals surface area (Å²) in [7, 11) is 3.49. The Bertz CT molecular complexity index is 1600. The average molecular weight is 567 g/mol. The van der Waals surface area contributed by atoms with Crippen LogP contribution >= 0.6 is 11.3 Å². The Morgan fingerprint density at radius 2 is 1.90 bits per heavy atom. The topological polar surface area (TPSA) is 92.5 Å². The molecule has 0 fully saturated rings. The Hall–Kier alpha value is -4.63. The zero-order valence-electron chi connectivity index (χ0n) is 23.8. The fourth-order valence-electron chi connectivity index (χ4n) is 4.70. The van der Waals surface area contributed by atoms with Gasteiger partial charge < -0.3 is 10.2 Å². The van der Waals surface area contributed by atoms with Gasteiger partial charge in [-0.05, 0) is 49.6 Å². The summed E-state index contributed by atoms with van der Waals surface area (Å²) in [4.78, 5) is 36.3. The smallest absolute Gasteiger partial charge is 0.231 e. The second kappa shape index (κ2) is 13.1. The Balaban J connectivity index is 1.75. The molecule has 1 aliphatic rings. The van der Waals surface area contributed by atoms with Gasteiger partial charge in [-0.3, -0.25) is 14.6 Å². The van der Waals surface area contributed by atoms with Crippen molar-refractivity contribution in [1.82, 2.24) is 19.7 Å². The molecule has 0 unspecified atom stereocenters. The summed E-state index contributed by atoms with van der Waals surface area (Å²) in [5.74, 6) is -0.185. The number of anilines is 1. The van der Waals surface area contributed by atoms with Gasteiger partial charge in [-0.15, -0.1) is 0 Å². The zero-order chi connectivity index (χ0) is 29.5. The summed E-state index contributed by atoms with van der Waals surface area (Å²) in [6.07, 6.45) is 14.4. The number of hydrogen-bond acceptors (Lipinski definition) is 6. The van der Waals surface area contributed by atoms with Crippen LogP contribution in [0.2, 0.25) is 0 Å². The molecule has 210 valence electrons. The molecule has 0 saturated heterocycles. The van der Waals surface area contributed by atoms with E-state index in [4.69, 9.17) is 5.10 Å². The number of hydrogen-bond donors (Lipinski definition) is 1. The van der Waals surface area contributed by atoms with Gasteiger partial charge >= 0.3 is 0 Å². The fourth-order valence-corrected chi connectivity index (χ4v) is 5.82. The van der Waals surface area contributed by atoms with Crippen molar-refractivity contribution in [3.8, 4) is 16.3 Å². The van der Waals surface area contributed by atoms with Crippen molar-refractivity contribution in [2.75, 3.05) is 19.4 Å². The molecule has 8 nitrogen and oxygen atoms in total. The van der Waals surface area contributed by atoms with Crippen LogP contribution in [0, 0.1) is 0 Å². The number of nitrogens with one attached hydrogen (secondary N) is 1. The van der Waals surface area contributed by atoms with E-state index >= 15 is 0 Å². The summed E-state index contributed by atoms with van der Waals surface area (Å²) < 4.78 is 1.92. The summed E-state index contributed by atoms with van der Waals surface area (Å²) in [6, 6.07) is 7.85. The number of aliphatic imine (C=N–C) groups is 1. The number of aromatic nitrogens is 3. The van der Waals surface area contributed by atoms with E-state index in [1.165, 1.54) is 18.3 Å². The molecule has 3 aromatic rings. The molecule has 2 amide bonds. The minimum absolute atomic E-state index is 0.0273. The Kier molecular flexibility index (Phi) is 9.41. The lowest BCUT2D eigenvalue weighted by molar-refractivity contribution is -0.127. The van der Waals surface area contributed by atoms with Crippen LogP contribution in [0.5, 0.6) is 0 Å². The minimum Gasteiger partial charge on any atom is -0.315 e. The number of amides is 2. The van der Waals surface area contributed by atoms with Crippen molar-refractivity contribution in [1.29, 1.82) is 0 Å². The van der Waals surface area contributed by atoms with Gasteiger partial charge in [0.05, 0.1) is 34.1 Å². The lowest BCUT2D eigenvalue weighted by Gasteiger charge is -2.18. The van der Waals surface area contributed by atoms with E-state index in [0.717, 1.165) is 62.9 Å². The predicted molar refractivity (Wildman–Crippen MR) is 169 cm³/mol. The predicted octanol–water partition coefficient (Wildman–Crippen LogP) is 5.97. The van der Waals surface area contributed by atoms with E-state index in [2.05, 4.69) is 28.5 Å². The first kappa shape index (κ1) is 29.4. The summed E-state index contributed by atoms with van der Waals surface area (Å²) in [5, 5.41) is 8.45. The lowest BCUT2D eigenvalue weighted by Crippen LogP contribution is -2.26. The maximum absolute atomic E-state index is 13.0. The normalized spacial score (nSPS) is 13.3. The number of rotatable bonds is 10. The maximum atomic E-state index is 13.0. The maximum Gasteiger partial charge on any atom is 0.231 e. The highest BCUT2D eigenvalue weighted by atomic mass is 32.1. The molecule has 1 aliphatic carbocycles. The number of carbonyl (C=O) groups excluding carboxylic acids is 2. The van der Waals surface area contributed by atoms with E-state index in [1.54, 1.807) is 37.4 Å². The van der Waals surface area contributed by atoms with Crippen LogP contribution < -0.4 is 5.32 Å². The largest absolute Gasteiger partial charge is 0.315 e. The van der Waals surface area contributed by atoms with Crippen molar-refractivity contribution in [2.45, 2.75) is 33.1 Å². The molecular weight excluding hydrogens is 532 g/mol. The summed E-state index contributed by atoms with van der Waals surface area (Å²) in [6.45, 7) is 11.0. The molecule has 2 aromatic heterocycles. The van der Waals surface area contributed by atoms with Crippen LogP contribution in [0.3, 0.4) is 0 Å². The first-order valence-electron chi connectivity index (χ1n) is 13.3. The van der Waals surface area contributed by atoms with Gasteiger partial charge in [0.2, 0.25) is 11.8 Å². The first-order chi connectivity index (χ1) is 19.8. The first-order valence-corrected chi connectivity index (χ1v) is 14.1. The van der Waals surface area contributed by atoms with Crippen LogP contribution in [0.15, 0.2) is 84.6 Å². The number of thiazole rings is 1. The van der Waals surface area contributed by atoms with E-state index in [-0.39, 0.29) is 18.2 Å². The Morgan fingerprint density at radius 3 is 2.54 bits per heavy atom. The summed E-state index contributed by atoms with van der Waals surface area (Å²) in [5.41, 5.74) is 7.19. The Morgan fingerprint density at radius 1 is 1.17 bits per heavy atom. The molecule has 0 spiro atoms. The van der Waals surface area contributed by atoms with Gasteiger partial charge in [0.1, 0.15) is 0 Å².